The first-order valence-corrected chi connectivity index (χ1v) is 9.73. The number of hydrogen-bond acceptors (Lipinski definition) is 5. The van der Waals surface area contributed by atoms with Gasteiger partial charge in [0.1, 0.15) is 0 Å². The van der Waals surface area contributed by atoms with Crippen molar-refractivity contribution >= 4 is 17.3 Å². The number of ether oxygens (including phenoxy) is 2. The van der Waals surface area contributed by atoms with Crippen molar-refractivity contribution in [2.45, 2.75) is 39.2 Å². The summed E-state index contributed by atoms with van der Waals surface area (Å²) in [7, 11) is 1.79. The molecule has 2 rings (SSSR count). The molecule has 1 aliphatic rings. The van der Waals surface area contributed by atoms with Gasteiger partial charge in [-0.3, -0.25) is 4.99 Å². The molecule has 1 aromatic heterocycles. The van der Waals surface area contributed by atoms with E-state index >= 15 is 0 Å². The molecule has 0 amide bonds. The van der Waals surface area contributed by atoms with Gasteiger partial charge in [-0.05, 0) is 31.6 Å². The molecule has 0 atom stereocenters. The Balaban J connectivity index is 1.51. The highest BCUT2D eigenvalue weighted by atomic mass is 32.1. The highest BCUT2D eigenvalue weighted by Gasteiger charge is 2.13. The first-order chi connectivity index (χ1) is 11.8. The van der Waals surface area contributed by atoms with E-state index in [0.717, 1.165) is 70.3 Å². The van der Waals surface area contributed by atoms with Crippen LogP contribution in [0.2, 0.25) is 0 Å². The lowest BCUT2D eigenvalue weighted by Crippen LogP contribution is -2.37. The number of aromatic nitrogens is 1. The maximum Gasteiger partial charge on any atom is 0.191 e. The minimum absolute atomic E-state index is 0.673. The first kappa shape index (κ1) is 19.1. The molecular weight excluding hydrogens is 324 g/mol. The minimum atomic E-state index is 0.673. The number of aliphatic imine (C=N–C) groups is 1. The summed E-state index contributed by atoms with van der Waals surface area (Å²) in [6, 6.07) is 0. The molecule has 0 aromatic carbocycles. The fourth-order valence-corrected chi connectivity index (χ4v) is 3.28. The van der Waals surface area contributed by atoms with E-state index in [9.17, 15) is 0 Å². The van der Waals surface area contributed by atoms with Crippen molar-refractivity contribution in [1.82, 2.24) is 15.6 Å². The van der Waals surface area contributed by atoms with Gasteiger partial charge in [0.2, 0.25) is 0 Å². The molecular formula is C17H30N4O2S. The summed E-state index contributed by atoms with van der Waals surface area (Å²) < 4.78 is 11.1. The Labute approximate surface area is 149 Å². The van der Waals surface area contributed by atoms with Crippen molar-refractivity contribution in [2.24, 2.45) is 10.9 Å². The van der Waals surface area contributed by atoms with Crippen LogP contribution in [-0.2, 0) is 22.4 Å². The summed E-state index contributed by atoms with van der Waals surface area (Å²) in [5.41, 5.74) is 1.07. The van der Waals surface area contributed by atoms with Crippen LogP contribution in [-0.4, -0.2) is 51.0 Å². The number of thiazole rings is 1. The Morgan fingerprint density at radius 1 is 1.42 bits per heavy atom. The fourth-order valence-electron chi connectivity index (χ4n) is 2.53. The third-order valence-electron chi connectivity index (χ3n) is 4.01. The second-order valence-corrected chi connectivity index (χ2v) is 6.87. The molecule has 2 N–H and O–H groups in total. The molecule has 24 heavy (non-hydrogen) atoms. The SMILES string of the molecule is CCc1nc(CNC(=NC)NCCCOCC2CCOCC2)cs1. The van der Waals surface area contributed by atoms with Crippen LogP contribution in [0.1, 0.15) is 36.9 Å². The van der Waals surface area contributed by atoms with Gasteiger partial charge in [0, 0.05) is 45.4 Å². The van der Waals surface area contributed by atoms with Crippen molar-refractivity contribution in [3.63, 3.8) is 0 Å². The first-order valence-electron chi connectivity index (χ1n) is 8.85. The van der Waals surface area contributed by atoms with Crippen molar-refractivity contribution in [2.75, 3.05) is 40.0 Å². The van der Waals surface area contributed by atoms with E-state index in [1.807, 2.05) is 0 Å². The molecule has 1 saturated heterocycles. The third kappa shape index (κ3) is 7.15. The van der Waals surface area contributed by atoms with Crippen LogP contribution in [0.5, 0.6) is 0 Å². The highest BCUT2D eigenvalue weighted by molar-refractivity contribution is 7.09. The van der Waals surface area contributed by atoms with Gasteiger partial charge >= 0.3 is 0 Å². The molecule has 7 heteroatoms. The molecule has 1 aromatic rings. The predicted octanol–water partition coefficient (Wildman–Crippen LogP) is 2.20. The number of guanidine groups is 1. The Hall–Kier alpha value is -1.18. The molecule has 0 aliphatic carbocycles. The highest BCUT2D eigenvalue weighted by Crippen LogP contribution is 2.14. The van der Waals surface area contributed by atoms with E-state index in [2.05, 4.69) is 32.9 Å². The van der Waals surface area contributed by atoms with Gasteiger partial charge in [0.15, 0.2) is 5.96 Å². The smallest absolute Gasteiger partial charge is 0.191 e. The monoisotopic (exact) mass is 354 g/mol. The number of aryl methyl sites for hydroxylation is 1. The zero-order valence-electron chi connectivity index (χ0n) is 14.8. The second kappa shape index (κ2) is 11.4. The minimum Gasteiger partial charge on any atom is -0.381 e. The molecule has 0 spiro atoms. The van der Waals surface area contributed by atoms with E-state index in [-0.39, 0.29) is 0 Å². The van der Waals surface area contributed by atoms with Gasteiger partial charge < -0.3 is 20.1 Å². The van der Waals surface area contributed by atoms with E-state index < -0.39 is 0 Å². The maximum absolute atomic E-state index is 5.77. The Morgan fingerprint density at radius 2 is 2.25 bits per heavy atom. The topological polar surface area (TPSA) is 67.8 Å². The zero-order valence-corrected chi connectivity index (χ0v) is 15.7. The zero-order chi connectivity index (χ0) is 17.0. The Bertz CT molecular complexity index is 487. The van der Waals surface area contributed by atoms with Crippen molar-refractivity contribution in [1.29, 1.82) is 0 Å². The molecule has 0 saturated carbocycles. The average Bonchev–Trinajstić information content (AvgIpc) is 3.09. The van der Waals surface area contributed by atoms with Gasteiger partial charge in [0.25, 0.3) is 0 Å². The number of hydrogen-bond donors (Lipinski definition) is 2. The summed E-state index contributed by atoms with van der Waals surface area (Å²) in [6.07, 6.45) is 4.22. The normalized spacial score (nSPS) is 16.3. The van der Waals surface area contributed by atoms with Gasteiger partial charge in [0.05, 0.1) is 17.2 Å². The van der Waals surface area contributed by atoms with Crippen molar-refractivity contribution < 1.29 is 9.47 Å². The maximum atomic E-state index is 5.77. The fraction of sp³-hybridized carbons (Fsp3) is 0.765. The summed E-state index contributed by atoms with van der Waals surface area (Å²) in [5.74, 6) is 1.48. The van der Waals surface area contributed by atoms with E-state index in [0.29, 0.717) is 12.5 Å². The van der Waals surface area contributed by atoms with Gasteiger partial charge in [-0.15, -0.1) is 11.3 Å². The lowest BCUT2D eigenvalue weighted by molar-refractivity contribution is 0.0203. The van der Waals surface area contributed by atoms with Crippen LogP contribution in [0, 0.1) is 5.92 Å². The van der Waals surface area contributed by atoms with E-state index in [4.69, 9.17) is 9.47 Å². The van der Waals surface area contributed by atoms with E-state index in [1.165, 1.54) is 5.01 Å². The van der Waals surface area contributed by atoms with Crippen LogP contribution in [0.4, 0.5) is 0 Å². The summed E-state index contributed by atoms with van der Waals surface area (Å²) in [4.78, 5) is 8.78. The van der Waals surface area contributed by atoms with Gasteiger partial charge in [-0.2, -0.15) is 0 Å². The largest absolute Gasteiger partial charge is 0.381 e. The molecule has 0 radical (unpaired) electrons. The van der Waals surface area contributed by atoms with Crippen LogP contribution < -0.4 is 10.6 Å². The van der Waals surface area contributed by atoms with Crippen LogP contribution in [0.15, 0.2) is 10.4 Å². The standard InChI is InChI=1S/C17H30N4O2S/c1-3-16-21-15(13-24-16)11-20-17(18-2)19-7-4-8-23-12-14-5-9-22-10-6-14/h13-14H,3-12H2,1-2H3,(H2,18,19,20). The second-order valence-electron chi connectivity index (χ2n) is 5.92. The molecule has 1 fully saturated rings. The predicted molar refractivity (Wildman–Crippen MR) is 98.7 cm³/mol. The molecule has 0 bridgehead atoms. The summed E-state index contributed by atoms with van der Waals surface area (Å²) >= 11 is 1.71. The Kier molecular flexibility index (Phi) is 9.09. The quantitative estimate of drug-likeness (QED) is 0.404. The molecule has 2 heterocycles. The number of nitrogens with one attached hydrogen (secondary N) is 2. The molecule has 6 nitrogen and oxygen atoms in total. The lowest BCUT2D eigenvalue weighted by Gasteiger charge is -2.21. The molecule has 136 valence electrons. The third-order valence-corrected chi connectivity index (χ3v) is 5.06. The summed E-state index contributed by atoms with van der Waals surface area (Å²) in [6.45, 7) is 7.10. The van der Waals surface area contributed by atoms with E-state index in [1.54, 1.807) is 18.4 Å². The van der Waals surface area contributed by atoms with Crippen LogP contribution >= 0.6 is 11.3 Å². The number of nitrogens with zero attached hydrogens (tertiary/aromatic N) is 2. The lowest BCUT2D eigenvalue weighted by atomic mass is 10.0. The average molecular weight is 355 g/mol. The van der Waals surface area contributed by atoms with Crippen molar-refractivity contribution in [3.05, 3.63) is 16.1 Å². The molecule has 1 aliphatic heterocycles. The van der Waals surface area contributed by atoms with Gasteiger partial charge in [-0.1, -0.05) is 6.92 Å². The number of rotatable bonds is 9. The van der Waals surface area contributed by atoms with Crippen LogP contribution in [0.25, 0.3) is 0 Å². The van der Waals surface area contributed by atoms with Gasteiger partial charge in [-0.25, -0.2) is 4.98 Å². The molecule has 0 unspecified atom stereocenters. The summed E-state index contributed by atoms with van der Waals surface area (Å²) in [5, 5.41) is 9.89. The van der Waals surface area contributed by atoms with Crippen LogP contribution in [0.3, 0.4) is 0 Å². The Morgan fingerprint density at radius 3 is 2.96 bits per heavy atom. The van der Waals surface area contributed by atoms with Crippen molar-refractivity contribution in [3.8, 4) is 0 Å².